The summed E-state index contributed by atoms with van der Waals surface area (Å²) >= 11 is 0. The van der Waals surface area contributed by atoms with Crippen LogP contribution in [0, 0.1) is 5.92 Å². The fourth-order valence-electron chi connectivity index (χ4n) is 2.27. The van der Waals surface area contributed by atoms with E-state index in [2.05, 4.69) is 5.32 Å². The molecule has 1 aromatic rings. The van der Waals surface area contributed by atoms with Crippen LogP contribution in [-0.2, 0) is 11.0 Å². The van der Waals surface area contributed by atoms with E-state index in [0.29, 0.717) is 6.07 Å². The lowest BCUT2D eigenvalue weighted by atomic mass is 9.97. The standard InChI is InChI=1S/C12H12F3NO4/c13-12(14,15)7-2-1-6(9(17)10(7)18)8-3-5(4-16-8)11(19)20/h1-2,5,8,16-18H,3-4H2,(H,19,20). The molecule has 0 amide bonds. The summed E-state index contributed by atoms with van der Waals surface area (Å²) in [5.41, 5.74) is -1.27. The topological polar surface area (TPSA) is 89.8 Å². The van der Waals surface area contributed by atoms with E-state index in [-0.39, 0.29) is 18.5 Å². The van der Waals surface area contributed by atoms with Gasteiger partial charge in [0.2, 0.25) is 0 Å². The van der Waals surface area contributed by atoms with E-state index in [1.165, 1.54) is 0 Å². The molecule has 1 aliphatic heterocycles. The second-order valence-electron chi connectivity index (χ2n) is 4.63. The summed E-state index contributed by atoms with van der Waals surface area (Å²) in [5, 5.41) is 30.8. The zero-order chi connectivity index (χ0) is 15.1. The second kappa shape index (κ2) is 4.86. The minimum absolute atomic E-state index is 0.0549. The molecule has 2 atom stereocenters. The normalized spacial score (nSPS) is 22.9. The Morgan fingerprint density at radius 1 is 1.25 bits per heavy atom. The Kier molecular flexibility index (Phi) is 3.51. The van der Waals surface area contributed by atoms with Gasteiger partial charge in [0, 0.05) is 18.2 Å². The van der Waals surface area contributed by atoms with Crippen LogP contribution in [0.3, 0.4) is 0 Å². The van der Waals surface area contributed by atoms with Gasteiger partial charge in [-0.2, -0.15) is 13.2 Å². The Bertz CT molecular complexity index is 544. The summed E-state index contributed by atoms with van der Waals surface area (Å²) in [5.74, 6) is -3.81. The minimum atomic E-state index is -4.77. The van der Waals surface area contributed by atoms with Gasteiger partial charge in [0.15, 0.2) is 11.5 Å². The van der Waals surface area contributed by atoms with Crippen molar-refractivity contribution >= 4 is 5.97 Å². The number of benzene rings is 1. The smallest absolute Gasteiger partial charge is 0.420 e. The number of phenolic OH excluding ortho intramolecular Hbond substituents is 2. The number of nitrogens with one attached hydrogen (secondary N) is 1. The molecule has 1 aliphatic rings. The van der Waals surface area contributed by atoms with Crippen molar-refractivity contribution in [1.29, 1.82) is 0 Å². The molecule has 1 fully saturated rings. The van der Waals surface area contributed by atoms with E-state index in [4.69, 9.17) is 5.11 Å². The van der Waals surface area contributed by atoms with E-state index < -0.39 is 41.2 Å². The molecule has 8 heteroatoms. The number of carboxylic acids is 1. The number of carbonyl (C=O) groups is 1. The molecule has 0 spiro atoms. The van der Waals surface area contributed by atoms with Crippen LogP contribution in [0.15, 0.2) is 12.1 Å². The fraction of sp³-hybridized carbons (Fsp3) is 0.417. The molecule has 20 heavy (non-hydrogen) atoms. The number of aliphatic carboxylic acids is 1. The first-order chi connectivity index (χ1) is 9.21. The zero-order valence-electron chi connectivity index (χ0n) is 10.1. The molecule has 0 aliphatic carbocycles. The highest BCUT2D eigenvalue weighted by Crippen LogP contribution is 2.45. The first-order valence-corrected chi connectivity index (χ1v) is 5.80. The fourth-order valence-corrected chi connectivity index (χ4v) is 2.27. The lowest BCUT2D eigenvalue weighted by Crippen LogP contribution is -2.17. The van der Waals surface area contributed by atoms with Crippen molar-refractivity contribution in [1.82, 2.24) is 5.32 Å². The van der Waals surface area contributed by atoms with Crippen LogP contribution in [0.1, 0.15) is 23.6 Å². The molecule has 0 bridgehead atoms. The number of carboxylic acid groups (broad SMARTS) is 1. The van der Waals surface area contributed by atoms with Gasteiger partial charge in [-0.15, -0.1) is 0 Å². The third kappa shape index (κ3) is 2.51. The maximum Gasteiger partial charge on any atom is 0.420 e. The predicted octanol–water partition coefficient (Wildman–Crippen LogP) is 1.85. The molecule has 1 heterocycles. The van der Waals surface area contributed by atoms with Gasteiger partial charge in [0.25, 0.3) is 0 Å². The number of phenols is 2. The van der Waals surface area contributed by atoms with E-state index in [0.717, 1.165) is 6.07 Å². The highest BCUT2D eigenvalue weighted by molar-refractivity contribution is 5.71. The summed E-state index contributed by atoms with van der Waals surface area (Å²) in [7, 11) is 0. The molecule has 1 aromatic carbocycles. The number of hydrogen-bond donors (Lipinski definition) is 4. The van der Waals surface area contributed by atoms with Gasteiger partial charge in [0.05, 0.1) is 5.92 Å². The Morgan fingerprint density at radius 2 is 1.90 bits per heavy atom. The van der Waals surface area contributed by atoms with Crippen LogP contribution in [-0.4, -0.2) is 27.8 Å². The van der Waals surface area contributed by atoms with E-state index in [1.807, 2.05) is 0 Å². The Balaban J connectivity index is 2.32. The summed E-state index contributed by atoms with van der Waals surface area (Å²) in [4.78, 5) is 10.8. The number of rotatable bonds is 2. The van der Waals surface area contributed by atoms with Crippen LogP contribution < -0.4 is 5.32 Å². The third-order valence-electron chi connectivity index (χ3n) is 3.34. The molecular formula is C12H12F3NO4. The van der Waals surface area contributed by atoms with Crippen molar-refractivity contribution in [3.8, 4) is 11.5 Å². The van der Waals surface area contributed by atoms with E-state index >= 15 is 0 Å². The van der Waals surface area contributed by atoms with E-state index in [9.17, 15) is 28.2 Å². The average Bonchev–Trinajstić information content (AvgIpc) is 2.80. The van der Waals surface area contributed by atoms with Gasteiger partial charge < -0.3 is 20.6 Å². The van der Waals surface area contributed by atoms with Gasteiger partial charge in [-0.25, -0.2) is 0 Å². The Morgan fingerprint density at radius 3 is 2.40 bits per heavy atom. The van der Waals surface area contributed by atoms with Crippen LogP contribution in [0.4, 0.5) is 13.2 Å². The van der Waals surface area contributed by atoms with Crippen LogP contribution >= 0.6 is 0 Å². The predicted molar refractivity (Wildman–Crippen MR) is 61.3 cm³/mol. The monoisotopic (exact) mass is 291 g/mol. The van der Waals surface area contributed by atoms with Crippen molar-refractivity contribution in [3.63, 3.8) is 0 Å². The SMILES string of the molecule is O=C(O)C1CNC(c2ccc(C(F)(F)F)c(O)c2O)C1. The molecule has 2 unspecified atom stereocenters. The molecule has 1 saturated heterocycles. The van der Waals surface area contributed by atoms with Crippen LogP contribution in [0.2, 0.25) is 0 Å². The zero-order valence-corrected chi connectivity index (χ0v) is 10.1. The number of hydrogen-bond acceptors (Lipinski definition) is 4. The molecule has 4 N–H and O–H groups in total. The van der Waals surface area contributed by atoms with Crippen molar-refractivity contribution in [3.05, 3.63) is 23.3 Å². The van der Waals surface area contributed by atoms with Gasteiger partial charge in [0.1, 0.15) is 5.56 Å². The largest absolute Gasteiger partial charge is 0.504 e. The first kappa shape index (κ1) is 14.4. The molecule has 5 nitrogen and oxygen atoms in total. The van der Waals surface area contributed by atoms with Crippen LogP contribution in [0.5, 0.6) is 11.5 Å². The van der Waals surface area contributed by atoms with Crippen molar-refractivity contribution in [2.24, 2.45) is 5.92 Å². The third-order valence-corrected chi connectivity index (χ3v) is 3.34. The molecule has 0 radical (unpaired) electrons. The molecule has 2 rings (SSSR count). The van der Waals surface area contributed by atoms with Crippen LogP contribution in [0.25, 0.3) is 0 Å². The van der Waals surface area contributed by atoms with Crippen molar-refractivity contribution in [2.75, 3.05) is 6.54 Å². The quantitative estimate of drug-likeness (QED) is 0.624. The molecule has 0 aromatic heterocycles. The van der Waals surface area contributed by atoms with Crippen molar-refractivity contribution < 1.29 is 33.3 Å². The van der Waals surface area contributed by atoms with Gasteiger partial charge in [-0.05, 0) is 12.5 Å². The summed E-state index contributed by atoms with van der Waals surface area (Å²) < 4.78 is 37.6. The first-order valence-electron chi connectivity index (χ1n) is 5.80. The Labute approximate surface area is 111 Å². The molecular weight excluding hydrogens is 279 g/mol. The maximum atomic E-state index is 12.5. The number of alkyl halides is 3. The number of halogens is 3. The van der Waals surface area contributed by atoms with E-state index in [1.54, 1.807) is 0 Å². The van der Waals surface area contributed by atoms with Gasteiger partial charge >= 0.3 is 12.1 Å². The van der Waals surface area contributed by atoms with Crippen molar-refractivity contribution in [2.45, 2.75) is 18.6 Å². The molecule has 110 valence electrons. The summed E-state index contributed by atoms with van der Waals surface area (Å²) in [6, 6.07) is 1.10. The van der Waals surface area contributed by atoms with Gasteiger partial charge in [-0.3, -0.25) is 4.79 Å². The molecule has 0 saturated carbocycles. The number of aromatic hydroxyl groups is 2. The Hall–Kier alpha value is -1.96. The highest BCUT2D eigenvalue weighted by atomic mass is 19.4. The van der Waals surface area contributed by atoms with Gasteiger partial charge in [-0.1, -0.05) is 6.07 Å². The maximum absolute atomic E-state index is 12.5. The highest BCUT2D eigenvalue weighted by Gasteiger charge is 2.37. The lowest BCUT2D eigenvalue weighted by Gasteiger charge is -2.16. The lowest BCUT2D eigenvalue weighted by molar-refractivity contribution is -0.141. The average molecular weight is 291 g/mol. The second-order valence-corrected chi connectivity index (χ2v) is 4.63. The minimum Gasteiger partial charge on any atom is -0.504 e. The summed E-state index contributed by atoms with van der Waals surface area (Å²) in [6.45, 7) is 0.154. The summed E-state index contributed by atoms with van der Waals surface area (Å²) in [6.07, 6.45) is -4.64.